The molecule has 1 aromatic carbocycles. The Bertz CT molecular complexity index is 1160. The van der Waals surface area contributed by atoms with Gasteiger partial charge in [0.1, 0.15) is 6.07 Å². The standard InChI is InChI=1S/C23H24N6O2/c1-22(2,3)21-26-19(27-31-21)16-4-6-17(7-5-16)20(30)28-13-23(14-28)8-18(9-23)29-12-15(10-24)11-25-29/h4-7,11-12,18H,8-9,13-14H2,1-3H3. The van der Waals surface area contributed by atoms with Crippen LogP contribution in [-0.2, 0) is 5.41 Å². The van der Waals surface area contributed by atoms with Crippen molar-refractivity contribution in [3.8, 4) is 17.5 Å². The average molecular weight is 416 g/mol. The van der Waals surface area contributed by atoms with Crippen molar-refractivity contribution < 1.29 is 9.32 Å². The van der Waals surface area contributed by atoms with E-state index in [0.29, 0.717) is 28.9 Å². The van der Waals surface area contributed by atoms with Crippen molar-refractivity contribution in [1.82, 2.24) is 24.8 Å². The highest BCUT2D eigenvalue weighted by Crippen LogP contribution is 2.54. The first-order valence-electron chi connectivity index (χ1n) is 10.4. The van der Waals surface area contributed by atoms with E-state index < -0.39 is 0 Å². The van der Waals surface area contributed by atoms with Crippen molar-refractivity contribution in [2.75, 3.05) is 13.1 Å². The van der Waals surface area contributed by atoms with E-state index in [1.165, 1.54) is 0 Å². The van der Waals surface area contributed by atoms with Gasteiger partial charge in [0.15, 0.2) is 0 Å². The second kappa shape index (κ2) is 6.77. The molecule has 3 heterocycles. The van der Waals surface area contributed by atoms with Gasteiger partial charge in [0.25, 0.3) is 5.91 Å². The first kappa shape index (κ1) is 19.5. The smallest absolute Gasteiger partial charge is 0.253 e. The zero-order chi connectivity index (χ0) is 21.8. The van der Waals surface area contributed by atoms with Crippen molar-refractivity contribution in [2.45, 2.75) is 45.1 Å². The summed E-state index contributed by atoms with van der Waals surface area (Å²) in [5, 5.41) is 17.3. The summed E-state index contributed by atoms with van der Waals surface area (Å²) in [6, 6.07) is 9.82. The molecule has 8 nitrogen and oxygen atoms in total. The summed E-state index contributed by atoms with van der Waals surface area (Å²) >= 11 is 0. The summed E-state index contributed by atoms with van der Waals surface area (Å²) in [6.07, 6.45) is 5.39. The van der Waals surface area contributed by atoms with Crippen molar-refractivity contribution >= 4 is 5.91 Å². The Morgan fingerprint density at radius 2 is 1.94 bits per heavy atom. The zero-order valence-electron chi connectivity index (χ0n) is 17.9. The molecule has 0 atom stereocenters. The van der Waals surface area contributed by atoms with Gasteiger partial charge in [-0.05, 0) is 25.0 Å². The molecule has 0 bridgehead atoms. The predicted octanol–water partition coefficient (Wildman–Crippen LogP) is 3.58. The highest BCUT2D eigenvalue weighted by molar-refractivity contribution is 5.95. The highest BCUT2D eigenvalue weighted by Gasteiger charge is 2.54. The first-order valence-corrected chi connectivity index (χ1v) is 10.4. The van der Waals surface area contributed by atoms with E-state index in [9.17, 15) is 4.79 Å². The minimum absolute atomic E-state index is 0.0509. The van der Waals surface area contributed by atoms with Gasteiger partial charge in [-0.1, -0.05) is 38.1 Å². The lowest BCUT2D eigenvalue weighted by Gasteiger charge is -2.58. The quantitative estimate of drug-likeness (QED) is 0.647. The number of hydrogen-bond acceptors (Lipinski definition) is 6. The maximum absolute atomic E-state index is 12.9. The fourth-order valence-corrected chi connectivity index (χ4v) is 4.48. The van der Waals surface area contributed by atoms with Crippen molar-refractivity contribution in [3.05, 3.63) is 53.7 Å². The Labute approximate surface area is 180 Å². The molecule has 2 aliphatic rings. The third-order valence-corrected chi connectivity index (χ3v) is 6.24. The molecule has 2 aromatic heterocycles. The molecule has 3 aromatic rings. The molecule has 1 saturated carbocycles. The second-order valence-corrected chi connectivity index (χ2v) is 9.79. The molecular weight excluding hydrogens is 392 g/mol. The SMILES string of the molecule is CC(C)(C)c1nc(-c2ccc(C(=O)N3CC4(CC(n5cc(C#N)cn5)C4)C3)cc2)no1. The zero-order valence-corrected chi connectivity index (χ0v) is 17.9. The van der Waals surface area contributed by atoms with Gasteiger partial charge in [-0.3, -0.25) is 9.48 Å². The van der Waals surface area contributed by atoms with E-state index in [0.717, 1.165) is 31.5 Å². The van der Waals surface area contributed by atoms with Gasteiger partial charge in [-0.2, -0.15) is 15.3 Å². The molecule has 8 heteroatoms. The lowest BCUT2D eigenvalue weighted by molar-refractivity contribution is -0.0738. The highest BCUT2D eigenvalue weighted by atomic mass is 16.5. The average Bonchev–Trinajstić information content (AvgIpc) is 3.35. The van der Waals surface area contributed by atoms with Crippen LogP contribution in [0.4, 0.5) is 0 Å². The van der Waals surface area contributed by atoms with Crippen LogP contribution in [0.2, 0.25) is 0 Å². The monoisotopic (exact) mass is 416 g/mol. The number of aromatic nitrogens is 4. The van der Waals surface area contributed by atoms with Crippen LogP contribution < -0.4 is 0 Å². The van der Waals surface area contributed by atoms with Gasteiger partial charge >= 0.3 is 0 Å². The molecule has 1 aliphatic carbocycles. The van der Waals surface area contributed by atoms with Crippen LogP contribution in [-0.4, -0.2) is 43.8 Å². The van der Waals surface area contributed by atoms with E-state index in [4.69, 9.17) is 9.78 Å². The number of likely N-dealkylation sites (tertiary alicyclic amines) is 1. The third kappa shape index (κ3) is 3.40. The Balaban J connectivity index is 1.19. The second-order valence-electron chi connectivity index (χ2n) is 9.79. The number of carbonyl (C=O) groups excluding carboxylic acids is 1. The number of carbonyl (C=O) groups is 1. The summed E-state index contributed by atoms with van der Waals surface area (Å²) in [6.45, 7) is 7.62. The first-order chi connectivity index (χ1) is 14.8. The van der Waals surface area contributed by atoms with Crippen molar-refractivity contribution in [2.24, 2.45) is 5.41 Å². The largest absolute Gasteiger partial charge is 0.338 e. The fraction of sp³-hybridized carbons (Fsp3) is 0.435. The van der Waals surface area contributed by atoms with Gasteiger partial charge in [0.2, 0.25) is 11.7 Å². The summed E-state index contributed by atoms with van der Waals surface area (Å²) in [7, 11) is 0. The van der Waals surface area contributed by atoms with Gasteiger partial charge in [0, 0.05) is 41.2 Å². The molecule has 5 rings (SSSR count). The molecule has 0 N–H and O–H groups in total. The summed E-state index contributed by atoms with van der Waals surface area (Å²) in [4.78, 5) is 19.2. The van der Waals surface area contributed by atoms with Gasteiger partial charge < -0.3 is 9.42 Å². The van der Waals surface area contributed by atoms with Crippen LogP contribution in [0.1, 0.15) is 61.5 Å². The van der Waals surface area contributed by atoms with E-state index in [1.807, 2.05) is 54.6 Å². The minimum Gasteiger partial charge on any atom is -0.338 e. The molecule has 0 unspecified atom stereocenters. The molecule has 1 amide bonds. The van der Waals surface area contributed by atoms with Gasteiger partial charge in [-0.15, -0.1) is 0 Å². The van der Waals surface area contributed by atoms with E-state index >= 15 is 0 Å². The Morgan fingerprint density at radius 1 is 1.23 bits per heavy atom. The number of nitrogens with zero attached hydrogens (tertiary/aromatic N) is 6. The topological polar surface area (TPSA) is 101 Å². The maximum Gasteiger partial charge on any atom is 0.253 e. The molecule has 0 radical (unpaired) electrons. The maximum atomic E-state index is 12.9. The summed E-state index contributed by atoms with van der Waals surface area (Å²) < 4.78 is 7.24. The third-order valence-electron chi connectivity index (χ3n) is 6.24. The molecule has 2 fully saturated rings. The number of hydrogen-bond donors (Lipinski definition) is 0. The Morgan fingerprint density at radius 3 is 2.52 bits per heavy atom. The minimum atomic E-state index is -0.204. The van der Waals surface area contributed by atoms with Crippen molar-refractivity contribution in [3.63, 3.8) is 0 Å². The van der Waals surface area contributed by atoms with Crippen LogP contribution in [0.15, 0.2) is 41.2 Å². The number of nitriles is 1. The van der Waals surface area contributed by atoms with Crippen LogP contribution in [0.25, 0.3) is 11.4 Å². The molecular formula is C23H24N6O2. The van der Waals surface area contributed by atoms with E-state index in [1.54, 1.807) is 12.4 Å². The number of rotatable bonds is 3. The normalized spacial score (nSPS) is 17.8. The summed E-state index contributed by atoms with van der Waals surface area (Å²) in [5.74, 6) is 1.17. The molecule has 1 spiro atoms. The fourth-order valence-electron chi connectivity index (χ4n) is 4.48. The molecule has 1 aliphatic heterocycles. The Kier molecular flexibility index (Phi) is 4.26. The van der Waals surface area contributed by atoms with Crippen LogP contribution in [0, 0.1) is 16.7 Å². The van der Waals surface area contributed by atoms with E-state index in [-0.39, 0.29) is 16.7 Å². The van der Waals surface area contributed by atoms with Crippen molar-refractivity contribution in [1.29, 1.82) is 5.26 Å². The van der Waals surface area contributed by atoms with Gasteiger partial charge in [-0.25, -0.2) is 0 Å². The van der Waals surface area contributed by atoms with Crippen LogP contribution >= 0.6 is 0 Å². The lowest BCUT2D eigenvalue weighted by Crippen LogP contribution is -2.63. The lowest BCUT2D eigenvalue weighted by atomic mass is 9.60. The van der Waals surface area contributed by atoms with Gasteiger partial charge in [0.05, 0.1) is 17.8 Å². The van der Waals surface area contributed by atoms with Crippen LogP contribution in [0.3, 0.4) is 0 Å². The molecule has 31 heavy (non-hydrogen) atoms. The van der Waals surface area contributed by atoms with Crippen LogP contribution in [0.5, 0.6) is 0 Å². The van der Waals surface area contributed by atoms with E-state index in [2.05, 4.69) is 21.3 Å². The Hall–Kier alpha value is -3.47. The number of benzene rings is 1. The predicted molar refractivity (Wildman–Crippen MR) is 112 cm³/mol. The molecule has 1 saturated heterocycles. The number of amides is 1. The summed E-state index contributed by atoms with van der Waals surface area (Å²) in [5.41, 5.74) is 2.08. The molecule has 158 valence electrons.